The molecule has 0 aromatic rings. The van der Waals surface area contributed by atoms with Crippen LogP contribution in [0.15, 0.2) is 11.8 Å². The van der Waals surface area contributed by atoms with Crippen LogP contribution in [0.3, 0.4) is 0 Å². The van der Waals surface area contributed by atoms with E-state index >= 15 is 0 Å². The summed E-state index contributed by atoms with van der Waals surface area (Å²) in [5, 5.41) is 3.38. The zero-order chi connectivity index (χ0) is 13.2. The lowest BCUT2D eigenvalue weighted by Gasteiger charge is -2.07. The lowest BCUT2D eigenvalue weighted by molar-refractivity contribution is -0.112. The first-order valence-electron chi connectivity index (χ1n) is 6.68. The molecule has 0 amide bonds. The third-order valence-corrected chi connectivity index (χ3v) is 4.03. The molecule has 0 aliphatic heterocycles. The predicted molar refractivity (Wildman–Crippen MR) is 72.7 cm³/mol. The van der Waals surface area contributed by atoms with Crippen LogP contribution in [0.5, 0.6) is 0 Å². The fourth-order valence-corrected chi connectivity index (χ4v) is 2.87. The average molecular weight is 237 g/mol. The Morgan fingerprint density at radius 1 is 1.29 bits per heavy atom. The van der Waals surface area contributed by atoms with E-state index in [0.29, 0.717) is 5.41 Å². The third kappa shape index (κ3) is 3.86. The highest BCUT2D eigenvalue weighted by molar-refractivity contribution is 5.87. The SMILES string of the molecule is CC(=O)/C=C(\C)NC[C@@H]1[C@H](CC(C)C)C1(C)C. The van der Waals surface area contributed by atoms with Gasteiger partial charge >= 0.3 is 0 Å². The van der Waals surface area contributed by atoms with E-state index in [1.165, 1.54) is 6.42 Å². The zero-order valence-corrected chi connectivity index (χ0v) is 12.1. The molecule has 1 N–H and O–H groups in total. The molecule has 0 spiro atoms. The van der Waals surface area contributed by atoms with E-state index < -0.39 is 0 Å². The van der Waals surface area contributed by atoms with Gasteiger partial charge in [0, 0.05) is 12.2 Å². The largest absolute Gasteiger partial charge is 0.388 e. The molecule has 1 fully saturated rings. The Labute approximate surface area is 106 Å². The van der Waals surface area contributed by atoms with Crippen molar-refractivity contribution in [3.63, 3.8) is 0 Å². The second-order valence-corrected chi connectivity index (χ2v) is 6.48. The van der Waals surface area contributed by atoms with Crippen LogP contribution in [0.25, 0.3) is 0 Å². The fraction of sp³-hybridized carbons (Fsp3) is 0.800. The van der Waals surface area contributed by atoms with Gasteiger partial charge in [0.15, 0.2) is 5.78 Å². The molecule has 1 saturated carbocycles. The van der Waals surface area contributed by atoms with Crippen molar-refractivity contribution in [2.45, 2.75) is 48.0 Å². The molecule has 0 unspecified atom stereocenters. The van der Waals surface area contributed by atoms with Crippen LogP contribution in [0, 0.1) is 23.2 Å². The van der Waals surface area contributed by atoms with Crippen molar-refractivity contribution in [3.8, 4) is 0 Å². The van der Waals surface area contributed by atoms with Crippen LogP contribution in [0.1, 0.15) is 48.0 Å². The molecule has 1 aliphatic carbocycles. The Balaban J connectivity index is 2.41. The normalized spacial score (nSPS) is 27.1. The molecule has 0 bridgehead atoms. The summed E-state index contributed by atoms with van der Waals surface area (Å²) in [7, 11) is 0. The van der Waals surface area contributed by atoms with Gasteiger partial charge in [0.2, 0.25) is 0 Å². The van der Waals surface area contributed by atoms with E-state index in [-0.39, 0.29) is 5.78 Å². The number of rotatable bonds is 6. The van der Waals surface area contributed by atoms with Gasteiger partial charge in [-0.05, 0) is 49.5 Å². The van der Waals surface area contributed by atoms with E-state index in [4.69, 9.17) is 0 Å². The monoisotopic (exact) mass is 237 g/mol. The minimum Gasteiger partial charge on any atom is -0.388 e. The second-order valence-electron chi connectivity index (χ2n) is 6.48. The summed E-state index contributed by atoms with van der Waals surface area (Å²) >= 11 is 0. The first-order chi connectivity index (χ1) is 7.75. The molecule has 0 aromatic carbocycles. The van der Waals surface area contributed by atoms with Crippen LogP contribution in [0.2, 0.25) is 0 Å². The van der Waals surface area contributed by atoms with Gasteiger partial charge in [0.05, 0.1) is 0 Å². The number of nitrogens with one attached hydrogen (secondary N) is 1. The van der Waals surface area contributed by atoms with Crippen molar-refractivity contribution >= 4 is 5.78 Å². The summed E-state index contributed by atoms with van der Waals surface area (Å²) in [6, 6.07) is 0. The lowest BCUT2D eigenvalue weighted by Crippen LogP contribution is -2.17. The van der Waals surface area contributed by atoms with Crippen molar-refractivity contribution < 1.29 is 4.79 Å². The molecule has 1 aliphatic rings. The zero-order valence-electron chi connectivity index (χ0n) is 12.1. The summed E-state index contributed by atoms with van der Waals surface area (Å²) in [6.45, 7) is 13.9. The molecule has 2 heteroatoms. The van der Waals surface area contributed by atoms with Gasteiger partial charge in [-0.25, -0.2) is 0 Å². The van der Waals surface area contributed by atoms with Crippen LogP contribution in [-0.2, 0) is 4.79 Å². The molecule has 17 heavy (non-hydrogen) atoms. The third-order valence-electron chi connectivity index (χ3n) is 4.03. The topological polar surface area (TPSA) is 29.1 Å². The van der Waals surface area contributed by atoms with Crippen LogP contribution < -0.4 is 5.32 Å². The quantitative estimate of drug-likeness (QED) is 0.717. The highest BCUT2D eigenvalue weighted by Gasteiger charge is 2.56. The van der Waals surface area contributed by atoms with Crippen LogP contribution in [0.4, 0.5) is 0 Å². The highest BCUT2D eigenvalue weighted by Crippen LogP contribution is 2.60. The van der Waals surface area contributed by atoms with Gasteiger partial charge in [0.25, 0.3) is 0 Å². The maximum atomic E-state index is 10.9. The molecule has 0 aromatic heterocycles. The number of allylic oxidation sites excluding steroid dienone is 2. The van der Waals surface area contributed by atoms with E-state index in [9.17, 15) is 4.79 Å². The van der Waals surface area contributed by atoms with Gasteiger partial charge in [-0.1, -0.05) is 27.7 Å². The van der Waals surface area contributed by atoms with Crippen molar-refractivity contribution in [3.05, 3.63) is 11.8 Å². The van der Waals surface area contributed by atoms with Crippen molar-refractivity contribution in [1.82, 2.24) is 5.32 Å². The van der Waals surface area contributed by atoms with E-state index in [1.807, 2.05) is 6.92 Å². The van der Waals surface area contributed by atoms with Gasteiger partial charge in [-0.2, -0.15) is 0 Å². The Hall–Kier alpha value is -0.790. The summed E-state index contributed by atoms with van der Waals surface area (Å²) in [5.74, 6) is 2.47. The van der Waals surface area contributed by atoms with Gasteiger partial charge in [-0.3, -0.25) is 4.79 Å². The predicted octanol–water partition coefficient (Wildman–Crippen LogP) is 3.39. The van der Waals surface area contributed by atoms with Crippen molar-refractivity contribution in [1.29, 1.82) is 0 Å². The van der Waals surface area contributed by atoms with Crippen molar-refractivity contribution in [2.75, 3.05) is 6.54 Å². The number of carbonyl (C=O) groups excluding carboxylic acids is 1. The number of hydrogen-bond acceptors (Lipinski definition) is 2. The molecular weight excluding hydrogens is 210 g/mol. The Morgan fingerprint density at radius 3 is 2.35 bits per heavy atom. The van der Waals surface area contributed by atoms with Gasteiger partial charge in [-0.15, -0.1) is 0 Å². The standard InChI is InChI=1S/C15H27NO/c1-10(2)7-13-14(15(13,5)6)9-16-11(3)8-12(4)17/h8,10,13-14,16H,7,9H2,1-6H3/b11-8+/t13-,14+/m0/s1. The number of hydrogen-bond donors (Lipinski definition) is 1. The summed E-state index contributed by atoms with van der Waals surface area (Å²) in [5.41, 5.74) is 1.46. The Bertz CT molecular complexity index is 315. The molecule has 0 saturated heterocycles. The minimum absolute atomic E-state index is 0.115. The van der Waals surface area contributed by atoms with Gasteiger partial charge < -0.3 is 5.32 Å². The first-order valence-corrected chi connectivity index (χ1v) is 6.68. The molecule has 0 radical (unpaired) electrons. The van der Waals surface area contributed by atoms with Gasteiger partial charge in [0.1, 0.15) is 0 Å². The second kappa shape index (κ2) is 5.24. The molecule has 98 valence electrons. The summed E-state index contributed by atoms with van der Waals surface area (Å²) < 4.78 is 0. The average Bonchev–Trinajstić information content (AvgIpc) is 2.62. The maximum absolute atomic E-state index is 10.9. The van der Waals surface area contributed by atoms with E-state index in [2.05, 4.69) is 33.0 Å². The van der Waals surface area contributed by atoms with Crippen LogP contribution in [-0.4, -0.2) is 12.3 Å². The van der Waals surface area contributed by atoms with E-state index in [1.54, 1.807) is 13.0 Å². The fourth-order valence-electron chi connectivity index (χ4n) is 2.87. The minimum atomic E-state index is 0.115. The highest BCUT2D eigenvalue weighted by atomic mass is 16.1. The molecule has 2 nitrogen and oxygen atoms in total. The van der Waals surface area contributed by atoms with Crippen molar-refractivity contribution in [2.24, 2.45) is 23.2 Å². The molecule has 0 heterocycles. The Morgan fingerprint density at radius 2 is 1.88 bits per heavy atom. The van der Waals surface area contributed by atoms with E-state index in [0.717, 1.165) is 30.0 Å². The first kappa shape index (κ1) is 14.3. The number of carbonyl (C=O) groups is 1. The molecule has 2 atom stereocenters. The molecular formula is C15H27NO. The maximum Gasteiger partial charge on any atom is 0.154 e. The smallest absolute Gasteiger partial charge is 0.154 e. The Kier molecular flexibility index (Phi) is 4.40. The summed E-state index contributed by atoms with van der Waals surface area (Å²) in [6.07, 6.45) is 2.99. The molecule has 1 rings (SSSR count). The summed E-state index contributed by atoms with van der Waals surface area (Å²) in [4.78, 5) is 10.9. The van der Waals surface area contributed by atoms with Crippen LogP contribution >= 0.6 is 0 Å². The number of ketones is 1. The lowest BCUT2D eigenvalue weighted by atomic mass is 10.0.